The monoisotopic (exact) mass is 474 g/mol. The van der Waals surface area contributed by atoms with E-state index < -0.39 is 5.97 Å². The van der Waals surface area contributed by atoms with Gasteiger partial charge in [0.25, 0.3) is 0 Å². The lowest BCUT2D eigenvalue weighted by Crippen LogP contribution is -1.97. The lowest BCUT2D eigenvalue weighted by molar-refractivity contribution is 0.0697. The van der Waals surface area contributed by atoms with E-state index in [4.69, 9.17) is 5.11 Å². The molecule has 0 spiro atoms. The minimum atomic E-state index is -0.865. The molecule has 0 bridgehead atoms. The van der Waals surface area contributed by atoms with Gasteiger partial charge in [0.05, 0.1) is 5.56 Å². The number of hydrogen-bond acceptors (Lipinski definition) is 1. The van der Waals surface area contributed by atoms with Gasteiger partial charge in [0.15, 0.2) is 0 Å². The lowest BCUT2D eigenvalue weighted by atomic mass is 9.97. The minimum Gasteiger partial charge on any atom is -0.478 e. The van der Waals surface area contributed by atoms with Crippen LogP contribution >= 0.6 is 0 Å². The summed E-state index contributed by atoms with van der Waals surface area (Å²) >= 11 is 0. The van der Waals surface area contributed by atoms with Gasteiger partial charge in [-0.05, 0) is 79.7 Å². The first-order valence-electron chi connectivity index (χ1n) is 13.1. The molecule has 3 aromatic rings. The van der Waals surface area contributed by atoms with Crippen LogP contribution < -0.4 is 0 Å². The summed E-state index contributed by atoms with van der Waals surface area (Å²) < 4.78 is 0. The highest BCUT2D eigenvalue weighted by molar-refractivity contribution is 5.87. The first kappa shape index (κ1) is 30.2. The maximum absolute atomic E-state index is 10.6. The third-order valence-corrected chi connectivity index (χ3v) is 6.82. The van der Waals surface area contributed by atoms with Crippen molar-refractivity contribution in [2.45, 2.75) is 92.4 Å². The van der Waals surface area contributed by atoms with E-state index in [0.29, 0.717) is 23.3 Å². The normalized spacial score (nSPS) is 12.8. The van der Waals surface area contributed by atoms with Crippen molar-refractivity contribution >= 4 is 5.97 Å². The van der Waals surface area contributed by atoms with E-state index in [9.17, 15) is 4.79 Å². The Morgan fingerprint density at radius 2 is 1.06 bits per heavy atom. The van der Waals surface area contributed by atoms with Crippen LogP contribution in [0, 0.1) is 13.8 Å². The molecule has 0 fully saturated rings. The van der Waals surface area contributed by atoms with E-state index in [1.807, 2.05) is 12.1 Å². The molecular formula is C33H46O2. The van der Waals surface area contributed by atoms with Gasteiger partial charge in [-0.25, -0.2) is 4.79 Å². The number of carboxylic acid groups (broad SMARTS) is 1. The molecule has 0 aliphatic heterocycles. The Morgan fingerprint density at radius 1 is 0.629 bits per heavy atom. The van der Waals surface area contributed by atoms with Crippen molar-refractivity contribution in [1.29, 1.82) is 0 Å². The van der Waals surface area contributed by atoms with Gasteiger partial charge in [-0.2, -0.15) is 0 Å². The number of carbonyl (C=O) groups is 1. The van der Waals surface area contributed by atoms with Crippen molar-refractivity contribution in [3.05, 3.63) is 106 Å². The van der Waals surface area contributed by atoms with Crippen molar-refractivity contribution in [3.63, 3.8) is 0 Å². The number of hydrogen-bond donors (Lipinski definition) is 1. The minimum absolute atomic E-state index is 0.354. The molecule has 3 aromatic carbocycles. The van der Waals surface area contributed by atoms with Gasteiger partial charge in [0.1, 0.15) is 0 Å². The average molecular weight is 475 g/mol. The fourth-order valence-electron chi connectivity index (χ4n) is 3.53. The van der Waals surface area contributed by atoms with E-state index >= 15 is 0 Å². The second kappa shape index (κ2) is 15.9. The van der Waals surface area contributed by atoms with Crippen LogP contribution in [0.25, 0.3) is 0 Å². The summed E-state index contributed by atoms with van der Waals surface area (Å²) in [5, 5.41) is 8.67. The fourth-order valence-corrected chi connectivity index (χ4v) is 3.53. The van der Waals surface area contributed by atoms with Crippen molar-refractivity contribution in [1.82, 2.24) is 0 Å². The van der Waals surface area contributed by atoms with Crippen LogP contribution in [0.5, 0.6) is 0 Å². The average Bonchev–Trinajstić information content (AvgIpc) is 2.88. The van der Waals surface area contributed by atoms with Crippen LogP contribution in [0.2, 0.25) is 0 Å². The summed E-state index contributed by atoms with van der Waals surface area (Å²) in [5.41, 5.74) is 7.19. The molecule has 2 nitrogen and oxygen atoms in total. The molecule has 3 rings (SSSR count). The molecule has 0 radical (unpaired) electrons. The molecule has 3 atom stereocenters. The van der Waals surface area contributed by atoms with Gasteiger partial charge < -0.3 is 5.11 Å². The molecular weight excluding hydrogens is 428 g/mol. The topological polar surface area (TPSA) is 37.3 Å². The number of rotatable bonds is 7. The first-order chi connectivity index (χ1) is 16.6. The van der Waals surface area contributed by atoms with Gasteiger partial charge in [-0.1, -0.05) is 113 Å². The Balaban J connectivity index is 0.000000264. The lowest BCUT2D eigenvalue weighted by Gasteiger charge is -2.08. The Morgan fingerprint density at radius 3 is 1.46 bits per heavy atom. The molecule has 0 aliphatic carbocycles. The van der Waals surface area contributed by atoms with E-state index in [1.165, 1.54) is 40.7 Å². The molecule has 0 aliphatic rings. The molecule has 2 heteroatoms. The molecule has 0 aromatic heterocycles. The molecule has 190 valence electrons. The Hall–Kier alpha value is -2.87. The summed E-state index contributed by atoms with van der Waals surface area (Å²) in [5.74, 6) is 1.05. The molecule has 1 N–H and O–H groups in total. The zero-order valence-electron chi connectivity index (χ0n) is 23.1. The van der Waals surface area contributed by atoms with Gasteiger partial charge in [0.2, 0.25) is 0 Å². The number of carboxylic acids is 1. The standard InChI is InChI=1S/C11H14O2.2C11H16/c1-3-8(2)9-4-6-10(7-5-9)11(12)13;1-4-10(3)11-7-5-9(2)6-8-11;1-4-10(3)11-7-5-6-9(2)8-11/h4-8H,3H2,1-2H3,(H,12,13);2*5-8,10H,4H2,1-3H3. The van der Waals surface area contributed by atoms with Crippen molar-refractivity contribution in [2.75, 3.05) is 0 Å². The van der Waals surface area contributed by atoms with Gasteiger partial charge >= 0.3 is 5.97 Å². The number of aryl methyl sites for hydroxylation is 2. The Bertz CT molecular complexity index is 986. The zero-order valence-corrected chi connectivity index (χ0v) is 23.1. The van der Waals surface area contributed by atoms with Crippen molar-refractivity contribution < 1.29 is 9.90 Å². The van der Waals surface area contributed by atoms with E-state index in [0.717, 1.165) is 6.42 Å². The molecule has 0 saturated heterocycles. The van der Waals surface area contributed by atoms with Crippen LogP contribution in [0.15, 0.2) is 72.8 Å². The smallest absolute Gasteiger partial charge is 0.335 e. The fraction of sp³-hybridized carbons (Fsp3) is 0.424. The predicted octanol–water partition coefficient (Wildman–Crippen LogP) is 9.92. The maximum Gasteiger partial charge on any atom is 0.335 e. The summed E-state index contributed by atoms with van der Waals surface area (Å²) in [6.45, 7) is 17.5. The molecule has 0 amide bonds. The van der Waals surface area contributed by atoms with Crippen molar-refractivity contribution in [3.8, 4) is 0 Å². The highest BCUT2D eigenvalue weighted by Crippen LogP contribution is 2.20. The van der Waals surface area contributed by atoms with Crippen LogP contribution in [-0.4, -0.2) is 11.1 Å². The van der Waals surface area contributed by atoms with Gasteiger partial charge in [-0.3, -0.25) is 0 Å². The summed E-state index contributed by atoms with van der Waals surface area (Å²) in [7, 11) is 0. The Labute approximate surface area is 214 Å². The first-order valence-corrected chi connectivity index (χ1v) is 13.1. The molecule has 0 heterocycles. The van der Waals surface area contributed by atoms with E-state index in [1.54, 1.807) is 12.1 Å². The molecule has 35 heavy (non-hydrogen) atoms. The van der Waals surface area contributed by atoms with Crippen molar-refractivity contribution in [2.24, 2.45) is 0 Å². The third-order valence-electron chi connectivity index (χ3n) is 6.82. The quantitative estimate of drug-likeness (QED) is 0.370. The zero-order chi connectivity index (χ0) is 26.4. The highest BCUT2D eigenvalue weighted by atomic mass is 16.4. The second-order valence-corrected chi connectivity index (χ2v) is 9.68. The summed E-state index contributed by atoms with van der Waals surface area (Å²) in [4.78, 5) is 10.6. The van der Waals surface area contributed by atoms with Gasteiger partial charge in [-0.15, -0.1) is 0 Å². The third kappa shape index (κ3) is 10.9. The van der Waals surface area contributed by atoms with Crippen LogP contribution in [-0.2, 0) is 0 Å². The van der Waals surface area contributed by atoms with E-state index in [-0.39, 0.29) is 0 Å². The summed E-state index contributed by atoms with van der Waals surface area (Å²) in [6.07, 6.45) is 3.53. The number of aromatic carboxylic acids is 1. The second-order valence-electron chi connectivity index (χ2n) is 9.68. The molecule has 0 saturated carbocycles. The SMILES string of the molecule is CCC(C)c1ccc(C(=O)O)cc1.CCC(C)c1ccc(C)cc1.CCC(C)c1cccc(C)c1. The van der Waals surface area contributed by atoms with Crippen LogP contribution in [0.3, 0.4) is 0 Å². The largest absolute Gasteiger partial charge is 0.478 e. The maximum atomic E-state index is 10.6. The summed E-state index contributed by atoms with van der Waals surface area (Å²) in [6, 6.07) is 24.7. The highest BCUT2D eigenvalue weighted by Gasteiger charge is 2.05. The van der Waals surface area contributed by atoms with Crippen LogP contribution in [0.4, 0.5) is 0 Å². The van der Waals surface area contributed by atoms with Crippen LogP contribution in [0.1, 0.15) is 117 Å². The number of benzene rings is 3. The predicted molar refractivity (Wildman–Crippen MR) is 152 cm³/mol. The van der Waals surface area contributed by atoms with Gasteiger partial charge in [0, 0.05) is 0 Å². The molecule has 3 unspecified atom stereocenters. The van der Waals surface area contributed by atoms with E-state index in [2.05, 4.69) is 104 Å². The Kier molecular flexibility index (Phi) is 13.7.